The number of furan rings is 1. The molecule has 0 radical (unpaired) electrons. The lowest BCUT2D eigenvalue weighted by molar-refractivity contribution is -0.384. The van der Waals surface area contributed by atoms with Crippen LogP contribution in [0.15, 0.2) is 71.3 Å². The molecule has 1 amide bonds. The van der Waals surface area contributed by atoms with Gasteiger partial charge in [0.2, 0.25) is 0 Å². The Bertz CT molecular complexity index is 1300. The number of amides is 1. The summed E-state index contributed by atoms with van der Waals surface area (Å²) in [5.41, 5.74) is 1.52. The largest absolute Gasteiger partial charge is 0.497 e. The van der Waals surface area contributed by atoms with Gasteiger partial charge in [-0.25, -0.2) is 4.68 Å². The Labute approximate surface area is 188 Å². The van der Waals surface area contributed by atoms with Crippen molar-refractivity contribution >= 4 is 11.6 Å². The van der Waals surface area contributed by atoms with Crippen molar-refractivity contribution in [3.05, 3.63) is 88.5 Å². The Kier molecular flexibility index (Phi) is 6.07. The number of hydrogen-bond donors (Lipinski definition) is 1. The maximum atomic E-state index is 13.1. The van der Waals surface area contributed by atoms with Gasteiger partial charge in [0.25, 0.3) is 11.6 Å². The van der Waals surface area contributed by atoms with Crippen LogP contribution in [0.1, 0.15) is 16.2 Å². The van der Waals surface area contributed by atoms with Gasteiger partial charge in [-0.3, -0.25) is 14.9 Å². The van der Waals surface area contributed by atoms with Crippen molar-refractivity contribution in [1.29, 1.82) is 0 Å². The summed E-state index contributed by atoms with van der Waals surface area (Å²) in [6, 6.07) is 16.2. The van der Waals surface area contributed by atoms with E-state index in [-0.39, 0.29) is 17.9 Å². The highest BCUT2D eigenvalue weighted by Crippen LogP contribution is 2.33. The maximum absolute atomic E-state index is 13.1. The normalized spacial score (nSPS) is 10.6. The Balaban J connectivity index is 1.79. The number of hydrogen-bond acceptors (Lipinski definition) is 7. The molecule has 0 unspecified atom stereocenters. The number of nitro groups is 1. The van der Waals surface area contributed by atoms with E-state index in [1.807, 2.05) is 0 Å². The zero-order chi connectivity index (χ0) is 23.4. The summed E-state index contributed by atoms with van der Waals surface area (Å²) in [5, 5.41) is 18.6. The molecule has 0 spiro atoms. The smallest absolute Gasteiger partial charge is 0.271 e. The van der Waals surface area contributed by atoms with Gasteiger partial charge in [-0.15, -0.1) is 0 Å². The second-order valence-corrected chi connectivity index (χ2v) is 6.93. The van der Waals surface area contributed by atoms with E-state index in [9.17, 15) is 14.9 Å². The molecule has 0 aliphatic carbocycles. The van der Waals surface area contributed by atoms with Crippen molar-refractivity contribution in [3.63, 3.8) is 0 Å². The Morgan fingerprint density at radius 1 is 1.12 bits per heavy atom. The van der Waals surface area contributed by atoms with E-state index in [2.05, 4.69) is 10.4 Å². The van der Waals surface area contributed by atoms with Gasteiger partial charge in [0, 0.05) is 23.8 Å². The van der Waals surface area contributed by atoms with Crippen molar-refractivity contribution in [3.8, 4) is 28.4 Å². The zero-order valence-corrected chi connectivity index (χ0v) is 17.8. The second kappa shape index (κ2) is 9.27. The third kappa shape index (κ3) is 4.54. The predicted octanol–water partition coefficient (Wildman–Crippen LogP) is 3.99. The van der Waals surface area contributed by atoms with Crippen LogP contribution in [0.25, 0.3) is 16.9 Å². The summed E-state index contributed by atoms with van der Waals surface area (Å²) in [4.78, 5) is 23.8. The number of nitro benzene ring substituents is 1. The van der Waals surface area contributed by atoms with Gasteiger partial charge in [0.15, 0.2) is 0 Å². The molecule has 2 heterocycles. The Morgan fingerprint density at radius 3 is 2.67 bits per heavy atom. The van der Waals surface area contributed by atoms with E-state index >= 15 is 0 Å². The number of benzene rings is 2. The molecule has 0 aliphatic heterocycles. The van der Waals surface area contributed by atoms with Crippen LogP contribution in [0.5, 0.6) is 11.5 Å². The summed E-state index contributed by atoms with van der Waals surface area (Å²) < 4.78 is 17.3. The molecule has 10 heteroatoms. The molecule has 0 saturated carbocycles. The first-order valence-corrected chi connectivity index (χ1v) is 9.88. The number of carbonyl (C=O) groups is 1. The number of methoxy groups -OCH3 is 2. The maximum Gasteiger partial charge on any atom is 0.271 e. The fraction of sp³-hybridized carbons (Fsp3) is 0.130. The van der Waals surface area contributed by atoms with Gasteiger partial charge in [0.05, 0.1) is 43.3 Å². The molecule has 0 saturated heterocycles. The summed E-state index contributed by atoms with van der Waals surface area (Å²) in [7, 11) is 3.07. The highest BCUT2D eigenvalue weighted by Gasteiger charge is 2.21. The molecule has 1 N–H and O–H groups in total. The van der Waals surface area contributed by atoms with Gasteiger partial charge in [-0.2, -0.15) is 5.10 Å². The SMILES string of the molecule is COc1ccc(-c2cc(C(=O)NCc3ccco3)n(-c3cccc([N+](=O)[O-])c3)n2)c(OC)c1. The number of nitrogens with one attached hydrogen (secondary N) is 1. The second-order valence-electron chi connectivity index (χ2n) is 6.93. The standard InChI is InChI=1S/C23H20N4O6/c1-31-17-8-9-19(22(12-17)32-2)20-13-21(23(28)24-14-18-7-4-10-33-18)26(25-20)15-5-3-6-16(11-15)27(29)30/h3-13H,14H2,1-2H3,(H,24,28). The van der Waals surface area contributed by atoms with Crippen LogP contribution in [-0.2, 0) is 6.54 Å². The van der Waals surface area contributed by atoms with E-state index < -0.39 is 10.8 Å². The first kappa shape index (κ1) is 21.6. The monoisotopic (exact) mass is 448 g/mol. The summed E-state index contributed by atoms with van der Waals surface area (Å²) >= 11 is 0. The van der Waals surface area contributed by atoms with E-state index in [4.69, 9.17) is 13.9 Å². The fourth-order valence-corrected chi connectivity index (χ4v) is 3.29. The van der Waals surface area contributed by atoms with E-state index in [0.717, 1.165) is 0 Å². The van der Waals surface area contributed by atoms with Crippen LogP contribution in [-0.4, -0.2) is 34.8 Å². The third-order valence-corrected chi connectivity index (χ3v) is 4.92. The van der Waals surface area contributed by atoms with Gasteiger partial charge in [-0.1, -0.05) is 6.07 Å². The van der Waals surface area contributed by atoms with Crippen LogP contribution in [0.3, 0.4) is 0 Å². The molecule has 2 aromatic heterocycles. The van der Waals surface area contributed by atoms with Crippen molar-refractivity contribution < 1.29 is 23.6 Å². The van der Waals surface area contributed by atoms with Crippen LogP contribution < -0.4 is 14.8 Å². The number of non-ortho nitro benzene ring substituents is 1. The average molecular weight is 448 g/mol. The summed E-state index contributed by atoms with van der Waals surface area (Å²) in [6.45, 7) is 0.174. The van der Waals surface area contributed by atoms with E-state index in [1.54, 1.807) is 49.6 Å². The topological polar surface area (TPSA) is 122 Å². The van der Waals surface area contributed by atoms with Gasteiger partial charge < -0.3 is 19.2 Å². The Hall–Kier alpha value is -4.60. The molecule has 0 fully saturated rings. The van der Waals surface area contributed by atoms with Crippen LogP contribution in [0, 0.1) is 10.1 Å². The van der Waals surface area contributed by atoms with Crippen molar-refractivity contribution in [2.24, 2.45) is 0 Å². The van der Waals surface area contributed by atoms with Gasteiger partial charge >= 0.3 is 0 Å². The van der Waals surface area contributed by atoms with Crippen molar-refractivity contribution in [1.82, 2.24) is 15.1 Å². The summed E-state index contributed by atoms with van der Waals surface area (Å²) in [5.74, 6) is 1.26. The molecule has 10 nitrogen and oxygen atoms in total. The molecule has 168 valence electrons. The van der Waals surface area contributed by atoms with Gasteiger partial charge in [0.1, 0.15) is 23.0 Å². The molecule has 33 heavy (non-hydrogen) atoms. The first-order valence-electron chi connectivity index (χ1n) is 9.88. The van der Waals surface area contributed by atoms with Crippen LogP contribution in [0.4, 0.5) is 5.69 Å². The molecule has 4 rings (SSSR count). The molecular weight excluding hydrogens is 428 g/mol. The number of aromatic nitrogens is 2. The van der Waals surface area contributed by atoms with Crippen molar-refractivity contribution in [2.75, 3.05) is 14.2 Å². The molecular formula is C23H20N4O6. The lowest BCUT2D eigenvalue weighted by atomic mass is 10.1. The number of carbonyl (C=O) groups excluding carboxylic acids is 1. The molecule has 0 bridgehead atoms. The minimum Gasteiger partial charge on any atom is -0.497 e. The van der Waals surface area contributed by atoms with Crippen LogP contribution >= 0.6 is 0 Å². The Morgan fingerprint density at radius 2 is 1.97 bits per heavy atom. The van der Waals surface area contributed by atoms with Crippen LogP contribution in [0.2, 0.25) is 0 Å². The minimum absolute atomic E-state index is 0.117. The van der Waals surface area contributed by atoms with E-state index in [0.29, 0.717) is 34.2 Å². The number of rotatable bonds is 8. The quantitative estimate of drug-likeness (QED) is 0.319. The minimum atomic E-state index is -0.503. The summed E-state index contributed by atoms with van der Waals surface area (Å²) in [6.07, 6.45) is 1.52. The zero-order valence-electron chi connectivity index (χ0n) is 17.8. The first-order chi connectivity index (χ1) is 16.0. The van der Waals surface area contributed by atoms with E-state index in [1.165, 1.54) is 36.3 Å². The third-order valence-electron chi connectivity index (χ3n) is 4.92. The number of nitrogens with zero attached hydrogens (tertiary/aromatic N) is 3. The van der Waals surface area contributed by atoms with Gasteiger partial charge in [-0.05, 0) is 36.4 Å². The lowest BCUT2D eigenvalue weighted by Crippen LogP contribution is -2.25. The number of ether oxygens (including phenoxy) is 2. The highest BCUT2D eigenvalue weighted by molar-refractivity contribution is 5.94. The molecule has 0 atom stereocenters. The fourth-order valence-electron chi connectivity index (χ4n) is 3.29. The lowest BCUT2D eigenvalue weighted by Gasteiger charge is -2.08. The predicted molar refractivity (Wildman–Crippen MR) is 119 cm³/mol. The molecule has 2 aromatic carbocycles. The highest BCUT2D eigenvalue weighted by atomic mass is 16.6. The molecule has 4 aromatic rings. The molecule has 0 aliphatic rings. The average Bonchev–Trinajstić information content (AvgIpc) is 3.52. The van der Waals surface area contributed by atoms with Crippen molar-refractivity contribution in [2.45, 2.75) is 6.54 Å².